The van der Waals surface area contributed by atoms with E-state index in [1.807, 2.05) is 23.1 Å². The molecule has 2 N–H and O–H groups in total. The number of likely N-dealkylation sites (tertiary alicyclic amines) is 1. The summed E-state index contributed by atoms with van der Waals surface area (Å²) in [5, 5.41) is 5.76. The number of carbonyl (C=O) groups excluding carboxylic acids is 3. The molecule has 1 aliphatic carbocycles. The van der Waals surface area contributed by atoms with Crippen LogP contribution in [0.2, 0.25) is 0 Å². The number of piperidine rings is 1. The number of hydrogen-bond acceptors (Lipinski definition) is 3. The van der Waals surface area contributed by atoms with Crippen LogP contribution < -0.4 is 10.6 Å². The summed E-state index contributed by atoms with van der Waals surface area (Å²) in [6, 6.07) is 9.08. The zero-order chi connectivity index (χ0) is 17.6. The number of nitrogens with zero attached hydrogens (tertiary/aromatic N) is 1. The van der Waals surface area contributed by atoms with Crippen molar-refractivity contribution in [3.8, 4) is 0 Å². The molecule has 3 rings (SSSR count). The number of benzene rings is 1. The second-order valence-corrected chi connectivity index (χ2v) is 6.81. The van der Waals surface area contributed by atoms with E-state index in [0.717, 1.165) is 38.8 Å². The van der Waals surface area contributed by atoms with Crippen LogP contribution in [0, 0.1) is 5.92 Å². The molecule has 1 aliphatic heterocycles. The number of amides is 3. The van der Waals surface area contributed by atoms with Crippen LogP contribution in [-0.2, 0) is 9.59 Å². The lowest BCUT2D eigenvalue weighted by molar-refractivity contribution is -0.133. The van der Waals surface area contributed by atoms with Crippen LogP contribution in [0.1, 0.15) is 42.5 Å². The third-order valence-electron chi connectivity index (χ3n) is 4.77. The second-order valence-electron chi connectivity index (χ2n) is 6.81. The number of hydrogen-bond donors (Lipinski definition) is 2. The number of rotatable bonds is 6. The Hall–Kier alpha value is -2.37. The average molecular weight is 343 g/mol. The summed E-state index contributed by atoms with van der Waals surface area (Å²) in [7, 11) is 0. The van der Waals surface area contributed by atoms with Gasteiger partial charge in [-0.05, 0) is 37.8 Å². The van der Waals surface area contributed by atoms with Crippen molar-refractivity contribution in [2.75, 3.05) is 19.6 Å². The highest BCUT2D eigenvalue weighted by Crippen LogP contribution is 2.31. The van der Waals surface area contributed by atoms with E-state index < -0.39 is 0 Å². The zero-order valence-electron chi connectivity index (χ0n) is 14.4. The van der Waals surface area contributed by atoms with Gasteiger partial charge in [-0.2, -0.15) is 0 Å². The molecule has 1 saturated carbocycles. The highest BCUT2D eigenvalue weighted by Gasteiger charge is 2.35. The summed E-state index contributed by atoms with van der Waals surface area (Å²) in [5.74, 6) is 0.327. The van der Waals surface area contributed by atoms with Crippen molar-refractivity contribution >= 4 is 17.7 Å². The van der Waals surface area contributed by atoms with Gasteiger partial charge in [0.15, 0.2) is 0 Å². The Labute approximate surface area is 148 Å². The molecule has 6 heteroatoms. The van der Waals surface area contributed by atoms with E-state index in [-0.39, 0.29) is 36.1 Å². The van der Waals surface area contributed by atoms with Crippen LogP contribution >= 0.6 is 0 Å². The highest BCUT2D eigenvalue weighted by molar-refractivity contribution is 5.94. The molecular weight excluding hydrogens is 318 g/mol. The molecular formula is C19H25N3O3. The van der Waals surface area contributed by atoms with Crippen molar-refractivity contribution in [1.82, 2.24) is 15.5 Å². The van der Waals surface area contributed by atoms with Gasteiger partial charge in [-0.3, -0.25) is 14.4 Å². The molecule has 0 aromatic heterocycles. The first kappa shape index (κ1) is 17.5. The van der Waals surface area contributed by atoms with Gasteiger partial charge in [0, 0.05) is 43.6 Å². The molecule has 1 aromatic rings. The molecule has 25 heavy (non-hydrogen) atoms. The Bertz CT molecular complexity index is 620. The minimum atomic E-state index is -0.166. The van der Waals surface area contributed by atoms with Gasteiger partial charge < -0.3 is 15.5 Å². The first-order valence-electron chi connectivity index (χ1n) is 9.05. The van der Waals surface area contributed by atoms with E-state index >= 15 is 0 Å². The molecule has 0 radical (unpaired) electrons. The van der Waals surface area contributed by atoms with Gasteiger partial charge in [0.05, 0.1) is 0 Å². The minimum Gasteiger partial charge on any atom is -0.353 e. The maximum atomic E-state index is 12.0. The normalized spacial score (nSPS) is 17.8. The molecule has 0 unspecified atom stereocenters. The van der Waals surface area contributed by atoms with Gasteiger partial charge in [-0.25, -0.2) is 0 Å². The molecule has 1 aromatic carbocycles. The van der Waals surface area contributed by atoms with Crippen molar-refractivity contribution < 1.29 is 14.4 Å². The summed E-state index contributed by atoms with van der Waals surface area (Å²) < 4.78 is 0. The van der Waals surface area contributed by atoms with Crippen molar-refractivity contribution in [2.45, 2.75) is 38.1 Å². The van der Waals surface area contributed by atoms with Crippen LogP contribution in [-0.4, -0.2) is 48.3 Å². The summed E-state index contributed by atoms with van der Waals surface area (Å²) in [6.45, 7) is 1.77. The third-order valence-corrected chi connectivity index (χ3v) is 4.77. The molecule has 6 nitrogen and oxygen atoms in total. The van der Waals surface area contributed by atoms with E-state index in [2.05, 4.69) is 10.6 Å². The summed E-state index contributed by atoms with van der Waals surface area (Å²) in [5.41, 5.74) is 0.593. The molecule has 0 atom stereocenters. The lowest BCUT2D eigenvalue weighted by atomic mass is 10.0. The molecule has 2 aliphatic rings. The molecule has 1 saturated heterocycles. The Kier molecular flexibility index (Phi) is 5.68. The Morgan fingerprint density at radius 1 is 1.00 bits per heavy atom. The Balaban J connectivity index is 1.32. The Morgan fingerprint density at radius 2 is 1.68 bits per heavy atom. The molecule has 1 heterocycles. The van der Waals surface area contributed by atoms with Crippen molar-refractivity contribution in [3.63, 3.8) is 0 Å². The van der Waals surface area contributed by atoms with Crippen LogP contribution in [0.5, 0.6) is 0 Å². The van der Waals surface area contributed by atoms with Crippen molar-refractivity contribution in [1.29, 1.82) is 0 Å². The van der Waals surface area contributed by atoms with Gasteiger partial charge in [0.2, 0.25) is 11.8 Å². The summed E-state index contributed by atoms with van der Waals surface area (Å²) in [4.78, 5) is 37.9. The summed E-state index contributed by atoms with van der Waals surface area (Å²) in [6.07, 6.45) is 3.94. The maximum absolute atomic E-state index is 12.0. The van der Waals surface area contributed by atoms with E-state index in [4.69, 9.17) is 0 Å². The lowest BCUT2D eigenvalue weighted by Crippen LogP contribution is -2.47. The molecule has 2 fully saturated rings. The van der Waals surface area contributed by atoms with Crippen molar-refractivity contribution in [3.05, 3.63) is 35.9 Å². The van der Waals surface area contributed by atoms with Gasteiger partial charge in [-0.15, -0.1) is 0 Å². The lowest BCUT2D eigenvalue weighted by Gasteiger charge is -2.32. The van der Waals surface area contributed by atoms with E-state index in [9.17, 15) is 14.4 Å². The highest BCUT2D eigenvalue weighted by atomic mass is 16.2. The van der Waals surface area contributed by atoms with Crippen LogP contribution in [0.3, 0.4) is 0 Å². The largest absolute Gasteiger partial charge is 0.353 e. The average Bonchev–Trinajstić information content (AvgIpc) is 3.47. The second kappa shape index (κ2) is 8.14. The van der Waals surface area contributed by atoms with Crippen LogP contribution in [0.25, 0.3) is 0 Å². The Morgan fingerprint density at radius 3 is 2.32 bits per heavy atom. The van der Waals surface area contributed by atoms with E-state index in [0.29, 0.717) is 12.1 Å². The first-order valence-corrected chi connectivity index (χ1v) is 9.05. The maximum Gasteiger partial charge on any atom is 0.251 e. The fourth-order valence-electron chi connectivity index (χ4n) is 3.11. The predicted molar refractivity (Wildman–Crippen MR) is 93.9 cm³/mol. The molecule has 0 bridgehead atoms. The van der Waals surface area contributed by atoms with E-state index in [1.165, 1.54) is 0 Å². The summed E-state index contributed by atoms with van der Waals surface area (Å²) >= 11 is 0. The van der Waals surface area contributed by atoms with Gasteiger partial charge in [0.25, 0.3) is 5.91 Å². The first-order chi connectivity index (χ1) is 12.1. The number of nitrogens with one attached hydrogen (secondary N) is 2. The zero-order valence-corrected chi connectivity index (χ0v) is 14.4. The molecule has 0 spiro atoms. The van der Waals surface area contributed by atoms with Gasteiger partial charge in [0.1, 0.15) is 0 Å². The van der Waals surface area contributed by atoms with Gasteiger partial charge in [-0.1, -0.05) is 18.2 Å². The topological polar surface area (TPSA) is 78.5 Å². The molecule has 134 valence electrons. The van der Waals surface area contributed by atoms with E-state index in [1.54, 1.807) is 12.1 Å². The SMILES string of the molecule is O=C(CCNC(=O)c1ccccc1)NC1CCN(C(=O)C2CC2)CC1. The molecule has 3 amide bonds. The van der Waals surface area contributed by atoms with Crippen molar-refractivity contribution in [2.24, 2.45) is 5.92 Å². The predicted octanol–water partition coefficient (Wildman–Crippen LogP) is 1.32. The monoisotopic (exact) mass is 343 g/mol. The fraction of sp³-hybridized carbons (Fsp3) is 0.526. The van der Waals surface area contributed by atoms with Crippen LogP contribution in [0.4, 0.5) is 0 Å². The smallest absolute Gasteiger partial charge is 0.251 e. The number of carbonyl (C=O) groups is 3. The fourth-order valence-corrected chi connectivity index (χ4v) is 3.11. The van der Waals surface area contributed by atoms with Crippen LogP contribution in [0.15, 0.2) is 30.3 Å². The minimum absolute atomic E-state index is 0.0552. The quantitative estimate of drug-likeness (QED) is 0.818. The van der Waals surface area contributed by atoms with Gasteiger partial charge >= 0.3 is 0 Å². The third kappa shape index (κ3) is 5.05. The standard InChI is InChI=1S/C19H25N3O3/c23-17(8-11-20-18(24)14-4-2-1-3-5-14)21-16-9-12-22(13-10-16)19(25)15-6-7-15/h1-5,15-16H,6-13H2,(H,20,24)(H,21,23).